The van der Waals surface area contributed by atoms with Gasteiger partial charge < -0.3 is 10.1 Å². The van der Waals surface area contributed by atoms with E-state index in [2.05, 4.69) is 24.1 Å². The highest BCUT2D eigenvalue weighted by molar-refractivity contribution is 7.13. The van der Waals surface area contributed by atoms with Crippen LogP contribution in [0.3, 0.4) is 0 Å². The molecule has 0 aliphatic rings. The van der Waals surface area contributed by atoms with Gasteiger partial charge in [-0.3, -0.25) is 4.79 Å². The van der Waals surface area contributed by atoms with Gasteiger partial charge in [-0.1, -0.05) is 26.0 Å². The van der Waals surface area contributed by atoms with Crippen LogP contribution >= 0.6 is 11.3 Å². The molecular formula is C17H21FN2O2S. The Bertz CT molecular complexity index is 670. The molecule has 2 rings (SSSR count). The summed E-state index contributed by atoms with van der Waals surface area (Å²) >= 11 is 1.43. The Morgan fingerprint density at radius 3 is 2.78 bits per heavy atom. The second-order valence-electron chi connectivity index (χ2n) is 5.51. The zero-order chi connectivity index (χ0) is 16.8. The van der Waals surface area contributed by atoms with E-state index in [1.54, 1.807) is 18.2 Å². The van der Waals surface area contributed by atoms with Gasteiger partial charge in [-0.05, 0) is 25.5 Å². The number of para-hydroxylation sites is 1. The lowest BCUT2D eigenvalue weighted by Crippen LogP contribution is -2.25. The van der Waals surface area contributed by atoms with Crippen LogP contribution in [0.25, 0.3) is 0 Å². The number of aromatic nitrogens is 1. The first-order chi connectivity index (χ1) is 11.0. The number of nitrogens with zero attached hydrogens (tertiary/aromatic N) is 1. The Morgan fingerprint density at radius 2 is 2.13 bits per heavy atom. The molecule has 1 N–H and O–H groups in total. The quantitative estimate of drug-likeness (QED) is 0.780. The van der Waals surface area contributed by atoms with Crippen molar-refractivity contribution in [3.05, 3.63) is 45.7 Å². The van der Waals surface area contributed by atoms with Crippen molar-refractivity contribution in [2.75, 3.05) is 13.2 Å². The summed E-state index contributed by atoms with van der Waals surface area (Å²) in [7, 11) is 0. The predicted octanol–water partition coefficient (Wildman–Crippen LogP) is 3.91. The number of aryl methyl sites for hydroxylation is 1. The molecule has 1 aromatic heterocycles. The SMILES string of the molecule is Cc1nc(C(C)C)sc1C(=O)NCCCOc1ccccc1F. The van der Waals surface area contributed by atoms with Crippen LogP contribution in [0.4, 0.5) is 4.39 Å². The summed E-state index contributed by atoms with van der Waals surface area (Å²) < 4.78 is 18.7. The van der Waals surface area contributed by atoms with Crippen molar-refractivity contribution in [1.82, 2.24) is 10.3 Å². The molecule has 0 aliphatic carbocycles. The molecule has 1 amide bonds. The fraction of sp³-hybridized carbons (Fsp3) is 0.412. The molecule has 1 heterocycles. The number of rotatable bonds is 7. The first kappa shape index (κ1) is 17.4. The van der Waals surface area contributed by atoms with Crippen LogP contribution in [0.1, 0.15) is 46.6 Å². The number of hydrogen-bond acceptors (Lipinski definition) is 4. The number of halogens is 1. The summed E-state index contributed by atoms with van der Waals surface area (Å²) in [6.45, 7) is 6.78. The van der Waals surface area contributed by atoms with Gasteiger partial charge in [0.2, 0.25) is 0 Å². The molecule has 0 bridgehead atoms. The van der Waals surface area contributed by atoms with Crippen LogP contribution < -0.4 is 10.1 Å². The summed E-state index contributed by atoms with van der Waals surface area (Å²) in [4.78, 5) is 17.2. The van der Waals surface area contributed by atoms with Crippen molar-refractivity contribution in [2.24, 2.45) is 0 Å². The van der Waals surface area contributed by atoms with Gasteiger partial charge in [0.25, 0.3) is 5.91 Å². The normalized spacial score (nSPS) is 10.8. The average molecular weight is 336 g/mol. The maximum absolute atomic E-state index is 13.4. The molecule has 124 valence electrons. The van der Waals surface area contributed by atoms with Crippen LogP contribution in [-0.2, 0) is 0 Å². The number of hydrogen-bond donors (Lipinski definition) is 1. The monoisotopic (exact) mass is 336 g/mol. The standard InChI is InChI=1S/C17H21FN2O2S/c1-11(2)17-20-12(3)15(23-17)16(21)19-9-6-10-22-14-8-5-4-7-13(14)18/h4-5,7-8,11H,6,9-10H2,1-3H3,(H,19,21). The van der Waals surface area contributed by atoms with Gasteiger partial charge in [-0.15, -0.1) is 11.3 Å². The Balaban J connectivity index is 1.76. The smallest absolute Gasteiger partial charge is 0.263 e. The second kappa shape index (κ2) is 8.06. The zero-order valence-electron chi connectivity index (χ0n) is 13.6. The molecule has 6 heteroatoms. The van der Waals surface area contributed by atoms with E-state index in [-0.39, 0.29) is 17.5 Å². The zero-order valence-corrected chi connectivity index (χ0v) is 14.4. The third-order valence-electron chi connectivity index (χ3n) is 3.21. The molecule has 0 fully saturated rings. The van der Waals surface area contributed by atoms with Crippen molar-refractivity contribution in [3.8, 4) is 5.75 Å². The number of ether oxygens (including phenoxy) is 1. The van der Waals surface area contributed by atoms with Crippen molar-refractivity contribution in [1.29, 1.82) is 0 Å². The molecule has 4 nitrogen and oxygen atoms in total. The summed E-state index contributed by atoms with van der Waals surface area (Å²) in [5.41, 5.74) is 0.763. The van der Waals surface area contributed by atoms with Gasteiger partial charge in [0.05, 0.1) is 17.3 Å². The molecule has 0 saturated carbocycles. The Kier molecular flexibility index (Phi) is 6.10. The van der Waals surface area contributed by atoms with Crippen LogP contribution in [0.2, 0.25) is 0 Å². The molecule has 0 unspecified atom stereocenters. The number of carbonyl (C=O) groups excluding carboxylic acids is 1. The number of amides is 1. The summed E-state index contributed by atoms with van der Waals surface area (Å²) in [5.74, 6) is 0.0592. The highest BCUT2D eigenvalue weighted by Gasteiger charge is 2.16. The maximum atomic E-state index is 13.4. The lowest BCUT2D eigenvalue weighted by Gasteiger charge is -2.07. The molecule has 23 heavy (non-hydrogen) atoms. The number of carbonyl (C=O) groups is 1. The van der Waals surface area contributed by atoms with E-state index in [1.165, 1.54) is 17.4 Å². The van der Waals surface area contributed by atoms with Gasteiger partial charge in [0.15, 0.2) is 11.6 Å². The van der Waals surface area contributed by atoms with Crippen molar-refractivity contribution >= 4 is 17.2 Å². The highest BCUT2D eigenvalue weighted by Crippen LogP contribution is 2.24. The van der Waals surface area contributed by atoms with E-state index in [0.717, 1.165) is 10.7 Å². The van der Waals surface area contributed by atoms with Crippen LogP contribution in [0, 0.1) is 12.7 Å². The van der Waals surface area contributed by atoms with Crippen LogP contribution in [0.5, 0.6) is 5.75 Å². The number of nitrogens with one attached hydrogen (secondary N) is 1. The Hall–Kier alpha value is -1.95. The number of thiazole rings is 1. The van der Waals surface area contributed by atoms with Crippen LogP contribution in [0.15, 0.2) is 24.3 Å². The maximum Gasteiger partial charge on any atom is 0.263 e. The Morgan fingerprint density at radius 1 is 1.39 bits per heavy atom. The summed E-state index contributed by atoms with van der Waals surface area (Å²) in [5, 5.41) is 3.82. The largest absolute Gasteiger partial charge is 0.490 e. The van der Waals surface area contributed by atoms with Gasteiger partial charge in [0.1, 0.15) is 4.88 Å². The Labute approximate surface area is 139 Å². The van der Waals surface area contributed by atoms with E-state index in [4.69, 9.17) is 4.74 Å². The van der Waals surface area contributed by atoms with Crippen molar-refractivity contribution in [3.63, 3.8) is 0 Å². The topological polar surface area (TPSA) is 51.2 Å². The van der Waals surface area contributed by atoms with E-state index in [9.17, 15) is 9.18 Å². The fourth-order valence-electron chi connectivity index (χ4n) is 1.97. The second-order valence-corrected chi connectivity index (χ2v) is 6.54. The lowest BCUT2D eigenvalue weighted by molar-refractivity contribution is 0.0954. The first-order valence-corrected chi connectivity index (χ1v) is 8.43. The third-order valence-corrected chi connectivity index (χ3v) is 4.67. The summed E-state index contributed by atoms with van der Waals surface area (Å²) in [6, 6.07) is 6.28. The van der Waals surface area contributed by atoms with E-state index < -0.39 is 0 Å². The van der Waals surface area contributed by atoms with Crippen molar-refractivity contribution in [2.45, 2.75) is 33.1 Å². The highest BCUT2D eigenvalue weighted by atomic mass is 32.1. The molecule has 0 radical (unpaired) electrons. The minimum atomic E-state index is -0.377. The molecule has 0 atom stereocenters. The van der Waals surface area contributed by atoms with Crippen molar-refractivity contribution < 1.29 is 13.9 Å². The average Bonchev–Trinajstić information content (AvgIpc) is 2.91. The molecule has 1 aromatic carbocycles. The van der Waals surface area contributed by atoms with E-state index in [1.807, 2.05) is 6.92 Å². The predicted molar refractivity (Wildman–Crippen MR) is 89.8 cm³/mol. The molecule has 0 spiro atoms. The van der Waals surface area contributed by atoms with Gasteiger partial charge in [0, 0.05) is 12.5 Å². The lowest BCUT2D eigenvalue weighted by atomic mass is 10.2. The number of benzene rings is 1. The molecule has 0 saturated heterocycles. The fourth-order valence-corrected chi connectivity index (χ4v) is 2.96. The van der Waals surface area contributed by atoms with Gasteiger partial charge >= 0.3 is 0 Å². The summed E-state index contributed by atoms with van der Waals surface area (Å²) in [6.07, 6.45) is 0.606. The minimum absolute atomic E-state index is 0.113. The van der Waals surface area contributed by atoms with Gasteiger partial charge in [-0.25, -0.2) is 9.37 Å². The third kappa shape index (κ3) is 4.76. The molecule has 2 aromatic rings. The molecular weight excluding hydrogens is 315 g/mol. The van der Waals surface area contributed by atoms with E-state index >= 15 is 0 Å². The van der Waals surface area contributed by atoms with E-state index in [0.29, 0.717) is 30.4 Å². The van der Waals surface area contributed by atoms with Gasteiger partial charge in [-0.2, -0.15) is 0 Å². The molecule has 0 aliphatic heterocycles. The minimum Gasteiger partial charge on any atom is -0.490 e. The first-order valence-electron chi connectivity index (χ1n) is 7.62. The van der Waals surface area contributed by atoms with Crippen LogP contribution in [-0.4, -0.2) is 24.0 Å².